The van der Waals surface area contributed by atoms with Crippen LogP contribution in [0.3, 0.4) is 0 Å². The summed E-state index contributed by atoms with van der Waals surface area (Å²) in [4.78, 5) is 38.0. The molecule has 0 unspecified atom stereocenters. The maximum atomic E-state index is 12.8. The molecule has 0 heterocycles. The van der Waals surface area contributed by atoms with Crippen molar-refractivity contribution in [1.29, 1.82) is 0 Å². The third-order valence-electron chi connectivity index (χ3n) is 7.59. The van der Waals surface area contributed by atoms with Gasteiger partial charge in [-0.2, -0.15) is 0 Å². The van der Waals surface area contributed by atoms with Crippen LogP contribution in [0.15, 0.2) is 0 Å². The van der Waals surface area contributed by atoms with Crippen LogP contribution in [0.1, 0.15) is 122 Å². The standard InChI is InChI=1S/C29H57N5O4/c30-20-12-6-4-2-1-3-5-10-19-27(36)33-26(23-35)29(38)34-25(18-11-13-21-31)28(37)32-22-14-17-24-15-8-7-9-16-24/h24-26,35H,1-23,30-31H2,(H,32,37)(H,33,36)(H,34,38)/t25-,26-/m0/s1. The summed E-state index contributed by atoms with van der Waals surface area (Å²) in [7, 11) is 0. The largest absolute Gasteiger partial charge is 0.394 e. The number of nitrogens with two attached hydrogens (primary N) is 2. The van der Waals surface area contributed by atoms with Gasteiger partial charge in [0.05, 0.1) is 6.61 Å². The van der Waals surface area contributed by atoms with Crippen molar-refractivity contribution in [3.05, 3.63) is 0 Å². The number of aliphatic hydroxyl groups excluding tert-OH is 1. The molecule has 8 N–H and O–H groups in total. The second-order valence-corrected chi connectivity index (χ2v) is 11.0. The molecule has 0 aromatic heterocycles. The van der Waals surface area contributed by atoms with Crippen molar-refractivity contribution in [2.75, 3.05) is 26.2 Å². The molecule has 1 saturated carbocycles. The molecule has 3 amide bonds. The van der Waals surface area contributed by atoms with Gasteiger partial charge in [0.25, 0.3) is 0 Å². The van der Waals surface area contributed by atoms with Crippen molar-refractivity contribution in [2.24, 2.45) is 17.4 Å². The summed E-state index contributed by atoms with van der Waals surface area (Å²) in [6, 6.07) is -1.78. The highest BCUT2D eigenvalue weighted by molar-refractivity contribution is 5.92. The van der Waals surface area contributed by atoms with Crippen molar-refractivity contribution in [3.63, 3.8) is 0 Å². The van der Waals surface area contributed by atoms with Gasteiger partial charge in [-0.05, 0) is 64.0 Å². The quantitative estimate of drug-likeness (QED) is 0.109. The maximum absolute atomic E-state index is 12.8. The molecule has 0 spiro atoms. The number of hydrogen-bond acceptors (Lipinski definition) is 6. The van der Waals surface area contributed by atoms with E-state index in [1.54, 1.807) is 0 Å². The van der Waals surface area contributed by atoms with Crippen molar-refractivity contribution in [1.82, 2.24) is 16.0 Å². The lowest BCUT2D eigenvalue weighted by Crippen LogP contribution is -2.55. The molecule has 9 nitrogen and oxygen atoms in total. The van der Waals surface area contributed by atoms with E-state index in [2.05, 4.69) is 16.0 Å². The summed E-state index contributed by atoms with van der Waals surface area (Å²) < 4.78 is 0. The first-order valence-corrected chi connectivity index (χ1v) is 15.4. The molecular formula is C29H57N5O4. The molecule has 0 aromatic carbocycles. The van der Waals surface area contributed by atoms with Crippen molar-refractivity contribution < 1.29 is 19.5 Å². The van der Waals surface area contributed by atoms with Gasteiger partial charge in [-0.3, -0.25) is 14.4 Å². The molecule has 0 saturated heterocycles. The number of nitrogens with one attached hydrogen (secondary N) is 3. The molecule has 1 fully saturated rings. The molecule has 9 heteroatoms. The molecule has 1 rings (SSSR count). The van der Waals surface area contributed by atoms with Crippen LogP contribution in [-0.4, -0.2) is 61.2 Å². The molecule has 0 aliphatic heterocycles. The highest BCUT2D eigenvalue weighted by Crippen LogP contribution is 2.26. The monoisotopic (exact) mass is 539 g/mol. The minimum atomic E-state index is -1.07. The molecule has 0 radical (unpaired) electrons. The van der Waals surface area contributed by atoms with Crippen LogP contribution >= 0.6 is 0 Å². The zero-order chi connectivity index (χ0) is 27.8. The average molecular weight is 540 g/mol. The normalized spacial score (nSPS) is 15.6. The third-order valence-corrected chi connectivity index (χ3v) is 7.59. The highest BCUT2D eigenvalue weighted by atomic mass is 16.3. The minimum Gasteiger partial charge on any atom is -0.394 e. The lowest BCUT2D eigenvalue weighted by atomic mass is 9.86. The number of aliphatic hydroxyl groups is 1. The molecule has 1 aliphatic rings. The summed E-state index contributed by atoms with van der Waals surface area (Å²) in [6.07, 6.45) is 19.5. The molecule has 0 bridgehead atoms. The lowest BCUT2D eigenvalue weighted by Gasteiger charge is -2.23. The van der Waals surface area contributed by atoms with Gasteiger partial charge in [0, 0.05) is 13.0 Å². The summed E-state index contributed by atoms with van der Waals surface area (Å²) in [6.45, 7) is 1.35. The molecular weight excluding hydrogens is 482 g/mol. The van der Waals surface area contributed by atoms with E-state index < -0.39 is 24.6 Å². The van der Waals surface area contributed by atoms with Gasteiger partial charge in [-0.25, -0.2) is 0 Å². The Hall–Kier alpha value is -1.71. The van der Waals surface area contributed by atoms with Crippen molar-refractivity contribution in [3.8, 4) is 0 Å². The van der Waals surface area contributed by atoms with Crippen LogP contribution in [0.25, 0.3) is 0 Å². The van der Waals surface area contributed by atoms with Crippen LogP contribution in [0.4, 0.5) is 0 Å². The van der Waals surface area contributed by atoms with E-state index >= 15 is 0 Å². The summed E-state index contributed by atoms with van der Waals surface area (Å²) in [5, 5.41) is 18.1. The summed E-state index contributed by atoms with van der Waals surface area (Å²) >= 11 is 0. The van der Waals surface area contributed by atoms with E-state index in [0.29, 0.717) is 32.4 Å². The van der Waals surface area contributed by atoms with Gasteiger partial charge in [-0.15, -0.1) is 0 Å². The number of unbranched alkanes of at least 4 members (excludes halogenated alkanes) is 8. The van der Waals surface area contributed by atoms with Crippen LogP contribution in [0, 0.1) is 5.92 Å². The van der Waals surface area contributed by atoms with E-state index in [-0.39, 0.29) is 11.8 Å². The van der Waals surface area contributed by atoms with Crippen LogP contribution < -0.4 is 27.4 Å². The van der Waals surface area contributed by atoms with Crippen molar-refractivity contribution in [2.45, 2.75) is 134 Å². The SMILES string of the molecule is NCCCCCCCCCCC(=O)N[C@@H](CO)C(=O)N[C@@H](CCCCN)C(=O)NCCCC1CCCCC1. The van der Waals surface area contributed by atoms with Crippen LogP contribution in [0.2, 0.25) is 0 Å². The Balaban J connectivity index is 2.37. The summed E-state index contributed by atoms with van der Waals surface area (Å²) in [5.41, 5.74) is 11.1. The van der Waals surface area contributed by atoms with Gasteiger partial charge < -0.3 is 32.5 Å². The highest BCUT2D eigenvalue weighted by Gasteiger charge is 2.26. The van der Waals surface area contributed by atoms with Gasteiger partial charge >= 0.3 is 0 Å². The number of carbonyl (C=O) groups is 3. The first kappa shape index (κ1) is 34.3. The fraction of sp³-hybridized carbons (Fsp3) is 0.897. The van der Waals surface area contributed by atoms with Crippen LogP contribution in [-0.2, 0) is 14.4 Å². The van der Waals surface area contributed by atoms with E-state index in [9.17, 15) is 19.5 Å². The first-order valence-electron chi connectivity index (χ1n) is 15.4. The Morgan fingerprint density at radius 3 is 1.95 bits per heavy atom. The van der Waals surface area contributed by atoms with E-state index in [1.807, 2.05) is 0 Å². The molecule has 0 aromatic rings. The van der Waals surface area contributed by atoms with E-state index in [1.165, 1.54) is 51.4 Å². The van der Waals surface area contributed by atoms with Gasteiger partial charge in [0.15, 0.2) is 0 Å². The minimum absolute atomic E-state index is 0.218. The van der Waals surface area contributed by atoms with E-state index in [4.69, 9.17) is 11.5 Å². The molecule has 38 heavy (non-hydrogen) atoms. The summed E-state index contributed by atoms with van der Waals surface area (Å²) in [5.74, 6) is -0.242. The number of rotatable bonds is 23. The van der Waals surface area contributed by atoms with Gasteiger partial charge in [-0.1, -0.05) is 70.6 Å². The Kier molecular flexibility index (Phi) is 21.0. The topological polar surface area (TPSA) is 160 Å². The number of amides is 3. The van der Waals surface area contributed by atoms with Gasteiger partial charge in [0.2, 0.25) is 17.7 Å². The smallest absolute Gasteiger partial charge is 0.245 e. The van der Waals surface area contributed by atoms with Crippen LogP contribution in [0.5, 0.6) is 0 Å². The average Bonchev–Trinajstić information content (AvgIpc) is 2.93. The number of carbonyl (C=O) groups excluding carboxylic acids is 3. The first-order chi connectivity index (χ1) is 18.5. The van der Waals surface area contributed by atoms with Gasteiger partial charge in [0.1, 0.15) is 12.1 Å². The Bertz CT molecular complexity index is 628. The zero-order valence-corrected chi connectivity index (χ0v) is 23.8. The molecule has 222 valence electrons. The fourth-order valence-corrected chi connectivity index (χ4v) is 5.19. The van der Waals surface area contributed by atoms with E-state index in [0.717, 1.165) is 63.8 Å². The zero-order valence-electron chi connectivity index (χ0n) is 23.8. The molecule has 2 atom stereocenters. The predicted octanol–water partition coefficient (Wildman–Crippen LogP) is 3.02. The second-order valence-electron chi connectivity index (χ2n) is 11.0. The second kappa shape index (κ2) is 23.2. The Morgan fingerprint density at radius 2 is 1.32 bits per heavy atom. The Labute approximate surface area is 231 Å². The molecule has 1 aliphatic carbocycles. The number of hydrogen-bond donors (Lipinski definition) is 6. The lowest BCUT2D eigenvalue weighted by molar-refractivity contribution is -0.133. The predicted molar refractivity (Wildman–Crippen MR) is 153 cm³/mol. The third kappa shape index (κ3) is 17.0. The Morgan fingerprint density at radius 1 is 0.711 bits per heavy atom. The van der Waals surface area contributed by atoms with Crippen molar-refractivity contribution >= 4 is 17.7 Å². The maximum Gasteiger partial charge on any atom is 0.245 e. The fourth-order valence-electron chi connectivity index (χ4n) is 5.19.